The number of halogens is 1. The Morgan fingerprint density at radius 2 is 1.56 bits per heavy atom. The molecule has 1 heterocycles. The highest BCUT2D eigenvalue weighted by molar-refractivity contribution is 6.30. The molecule has 0 bridgehead atoms. The number of methoxy groups -OCH3 is 1. The van der Waals surface area contributed by atoms with Gasteiger partial charge in [-0.15, -0.1) is 0 Å². The van der Waals surface area contributed by atoms with Crippen LogP contribution in [0.3, 0.4) is 0 Å². The molecule has 4 aromatic rings. The Bertz CT molecular complexity index is 2010. The van der Waals surface area contributed by atoms with Crippen molar-refractivity contribution in [2.75, 3.05) is 33.4 Å². The molecule has 4 atom stereocenters. The number of aliphatic carboxylic acids is 1. The van der Waals surface area contributed by atoms with Crippen LogP contribution in [0.15, 0.2) is 97.1 Å². The summed E-state index contributed by atoms with van der Waals surface area (Å²) in [5.41, 5.74) is 6.51. The number of carbonyl (C=O) groups is 4. The molecule has 2 aliphatic carbocycles. The number of rotatable bonds is 13. The Labute approximate surface area is 326 Å². The third kappa shape index (κ3) is 8.40. The molecule has 0 saturated carbocycles. The summed E-state index contributed by atoms with van der Waals surface area (Å²) in [5.74, 6) is -2.85. The molecule has 3 amide bonds. The molecule has 1 fully saturated rings. The zero-order chi connectivity index (χ0) is 38.5. The number of ether oxygens (including phenoxy) is 2. The normalized spacial score (nSPS) is 19.7. The van der Waals surface area contributed by atoms with E-state index in [1.54, 1.807) is 17.0 Å². The van der Waals surface area contributed by atoms with Crippen molar-refractivity contribution in [3.63, 3.8) is 0 Å². The first-order chi connectivity index (χ1) is 26.6. The average Bonchev–Trinajstić information content (AvgIpc) is 3.76. The number of alkyl carbamates (subject to hydrolysis) is 1. The van der Waals surface area contributed by atoms with Crippen LogP contribution in [-0.2, 0) is 36.7 Å². The van der Waals surface area contributed by atoms with Crippen LogP contribution in [0, 0.1) is 5.92 Å². The molecule has 55 heavy (non-hydrogen) atoms. The van der Waals surface area contributed by atoms with Crippen LogP contribution in [0.5, 0.6) is 0 Å². The fraction of sp³-hybridized carbons (Fsp3) is 0.364. The molecule has 10 nitrogen and oxygen atoms in total. The number of carbonyl (C=O) groups excluding carboxylic acids is 3. The van der Waals surface area contributed by atoms with Crippen LogP contribution in [-0.4, -0.2) is 78.9 Å². The number of benzene rings is 4. The number of carboxylic acids is 1. The van der Waals surface area contributed by atoms with E-state index in [1.807, 2.05) is 72.8 Å². The highest BCUT2D eigenvalue weighted by atomic mass is 35.5. The fourth-order valence-corrected chi connectivity index (χ4v) is 9.04. The second-order valence-corrected chi connectivity index (χ2v) is 15.4. The van der Waals surface area contributed by atoms with E-state index in [-0.39, 0.29) is 43.9 Å². The maximum absolute atomic E-state index is 14.5. The predicted molar refractivity (Wildman–Crippen MR) is 209 cm³/mol. The van der Waals surface area contributed by atoms with Gasteiger partial charge in [0.15, 0.2) is 0 Å². The van der Waals surface area contributed by atoms with E-state index in [9.17, 15) is 24.3 Å². The summed E-state index contributed by atoms with van der Waals surface area (Å²) in [6, 6.07) is 30.3. The van der Waals surface area contributed by atoms with Gasteiger partial charge in [0, 0.05) is 31.1 Å². The Kier molecular flexibility index (Phi) is 11.5. The molecule has 3 N–H and O–H groups in total. The summed E-state index contributed by atoms with van der Waals surface area (Å²) < 4.78 is 11.2. The van der Waals surface area contributed by atoms with Gasteiger partial charge in [0.1, 0.15) is 12.6 Å². The Morgan fingerprint density at radius 3 is 2.24 bits per heavy atom. The van der Waals surface area contributed by atoms with Crippen LogP contribution in [0.4, 0.5) is 4.79 Å². The molecule has 11 heteroatoms. The maximum Gasteiger partial charge on any atom is 0.407 e. The largest absolute Gasteiger partial charge is 0.481 e. The van der Waals surface area contributed by atoms with Crippen LogP contribution in [0.25, 0.3) is 11.1 Å². The van der Waals surface area contributed by atoms with E-state index >= 15 is 0 Å². The number of nitrogens with zero attached hydrogens (tertiary/aromatic N) is 1. The third-order valence-corrected chi connectivity index (χ3v) is 11.6. The molecular formula is C44H46ClN3O7. The quantitative estimate of drug-likeness (QED) is 0.138. The van der Waals surface area contributed by atoms with Crippen molar-refractivity contribution in [3.05, 3.63) is 130 Å². The Balaban J connectivity index is 1.09. The highest BCUT2D eigenvalue weighted by Crippen LogP contribution is 2.45. The van der Waals surface area contributed by atoms with Gasteiger partial charge < -0.3 is 30.1 Å². The van der Waals surface area contributed by atoms with Crippen molar-refractivity contribution in [1.29, 1.82) is 0 Å². The second kappa shape index (κ2) is 16.7. The summed E-state index contributed by atoms with van der Waals surface area (Å²) in [4.78, 5) is 55.9. The minimum absolute atomic E-state index is 0.0851. The molecular weight excluding hydrogens is 718 g/mol. The van der Waals surface area contributed by atoms with Gasteiger partial charge in [0.2, 0.25) is 11.8 Å². The van der Waals surface area contributed by atoms with Crippen molar-refractivity contribution in [1.82, 2.24) is 15.5 Å². The van der Waals surface area contributed by atoms with Gasteiger partial charge in [-0.25, -0.2) is 4.79 Å². The number of carboxylic acid groups (broad SMARTS) is 1. The molecule has 0 spiro atoms. The molecule has 1 saturated heterocycles. The first kappa shape index (κ1) is 38.1. The number of nitrogens with one attached hydrogen (secondary N) is 2. The SMILES string of the molecule is COCC(NC(=O)OCC1c2ccccc2-c2ccccc21)C(=O)NC1(Cc2ccc(Cl)cc2)CCCN(C(=O)[C@@H](CC(=O)O)[C@H]2CCc3ccccc32)C1. The molecule has 0 radical (unpaired) electrons. The number of aryl methyl sites for hydroxylation is 1. The Hall–Kier alpha value is -5.19. The lowest BCUT2D eigenvalue weighted by atomic mass is 9.80. The van der Waals surface area contributed by atoms with Crippen molar-refractivity contribution in [2.45, 2.75) is 61.9 Å². The molecule has 286 valence electrons. The number of fused-ring (bicyclic) bond motifs is 4. The number of likely N-dealkylation sites (tertiary alicyclic amines) is 1. The van der Waals surface area contributed by atoms with E-state index < -0.39 is 35.5 Å². The predicted octanol–water partition coefficient (Wildman–Crippen LogP) is 6.73. The number of piperidine rings is 1. The number of hydrogen-bond acceptors (Lipinski definition) is 6. The van der Waals surface area contributed by atoms with Gasteiger partial charge in [0.05, 0.1) is 24.5 Å². The average molecular weight is 764 g/mol. The molecule has 0 aromatic heterocycles. The summed E-state index contributed by atoms with van der Waals surface area (Å²) in [6.45, 7) is 0.565. The third-order valence-electron chi connectivity index (χ3n) is 11.4. The monoisotopic (exact) mass is 763 g/mol. The first-order valence-electron chi connectivity index (χ1n) is 18.9. The van der Waals surface area contributed by atoms with Gasteiger partial charge in [-0.05, 0) is 89.1 Å². The van der Waals surface area contributed by atoms with Crippen molar-refractivity contribution in [2.24, 2.45) is 5.92 Å². The van der Waals surface area contributed by atoms with E-state index in [0.717, 1.165) is 45.4 Å². The molecule has 2 unspecified atom stereocenters. The summed E-state index contributed by atoms with van der Waals surface area (Å²) in [7, 11) is 1.45. The highest BCUT2D eigenvalue weighted by Gasteiger charge is 2.44. The number of amides is 3. The molecule has 7 rings (SSSR count). The van der Waals surface area contributed by atoms with Crippen LogP contribution >= 0.6 is 11.6 Å². The van der Waals surface area contributed by atoms with Crippen molar-refractivity contribution >= 4 is 35.5 Å². The summed E-state index contributed by atoms with van der Waals surface area (Å²) in [5, 5.41) is 16.5. The second-order valence-electron chi connectivity index (χ2n) is 15.0. The van der Waals surface area contributed by atoms with E-state index in [2.05, 4.69) is 22.8 Å². The molecule has 4 aromatic carbocycles. The van der Waals surface area contributed by atoms with Gasteiger partial charge in [-0.1, -0.05) is 96.5 Å². The van der Waals surface area contributed by atoms with Crippen molar-refractivity contribution < 1.29 is 33.8 Å². The van der Waals surface area contributed by atoms with E-state index in [0.29, 0.717) is 37.3 Å². The van der Waals surface area contributed by atoms with Crippen LogP contribution in [0.1, 0.15) is 65.3 Å². The smallest absolute Gasteiger partial charge is 0.407 e. The lowest BCUT2D eigenvalue weighted by Crippen LogP contribution is -2.64. The zero-order valence-corrected chi connectivity index (χ0v) is 31.6. The van der Waals surface area contributed by atoms with Crippen LogP contribution < -0.4 is 10.6 Å². The van der Waals surface area contributed by atoms with E-state index in [1.165, 1.54) is 7.11 Å². The van der Waals surface area contributed by atoms with Gasteiger partial charge >= 0.3 is 12.1 Å². The maximum atomic E-state index is 14.5. The minimum atomic E-state index is -1.09. The molecule has 1 aliphatic heterocycles. The standard InChI is InChI=1S/C44H46ClN3O7/c1-54-26-39(46-43(53)55-25-38-34-13-6-4-11-32(34)33-12-5-7-14-35(33)38)41(51)47-44(24-28-15-18-30(45)19-16-28)21-8-22-48(27-44)42(52)37(23-40(49)50)36-20-17-29-9-2-3-10-31(29)36/h2-7,9-16,18-19,36-39H,8,17,20-27H2,1H3,(H,46,53)(H,47,51)(H,49,50)/t36-,37-,39?,44?/m0/s1. The van der Waals surface area contributed by atoms with Crippen LogP contribution in [0.2, 0.25) is 5.02 Å². The van der Waals surface area contributed by atoms with Crippen molar-refractivity contribution in [3.8, 4) is 11.1 Å². The number of hydrogen-bond donors (Lipinski definition) is 3. The Morgan fingerprint density at radius 1 is 0.909 bits per heavy atom. The topological polar surface area (TPSA) is 134 Å². The summed E-state index contributed by atoms with van der Waals surface area (Å²) in [6.07, 6.45) is 1.95. The zero-order valence-electron chi connectivity index (χ0n) is 30.8. The minimum Gasteiger partial charge on any atom is -0.481 e. The lowest BCUT2D eigenvalue weighted by Gasteiger charge is -2.45. The van der Waals surface area contributed by atoms with Gasteiger partial charge in [-0.2, -0.15) is 0 Å². The first-order valence-corrected chi connectivity index (χ1v) is 19.3. The van der Waals surface area contributed by atoms with Gasteiger partial charge in [-0.3, -0.25) is 14.4 Å². The fourth-order valence-electron chi connectivity index (χ4n) is 8.92. The van der Waals surface area contributed by atoms with Gasteiger partial charge in [0.25, 0.3) is 0 Å². The summed E-state index contributed by atoms with van der Waals surface area (Å²) >= 11 is 6.22. The van der Waals surface area contributed by atoms with E-state index in [4.69, 9.17) is 21.1 Å². The lowest BCUT2D eigenvalue weighted by molar-refractivity contribution is -0.147. The molecule has 3 aliphatic rings.